The molecule has 3 nitrogen and oxygen atoms in total. The maximum Gasteiger partial charge on any atom is 0.192 e. The number of ether oxygens (including phenoxy) is 2. The zero-order valence-electron chi connectivity index (χ0n) is 13.9. The molecule has 0 saturated carbocycles. The summed E-state index contributed by atoms with van der Waals surface area (Å²) in [6, 6.07) is 10.2. The van der Waals surface area contributed by atoms with Crippen LogP contribution in [0, 0.1) is 0 Å². The van der Waals surface area contributed by atoms with Crippen molar-refractivity contribution in [1.82, 2.24) is 0 Å². The Morgan fingerprint density at radius 1 is 1.05 bits per heavy atom. The lowest BCUT2D eigenvalue weighted by Crippen LogP contribution is -2.41. The molecule has 0 radical (unpaired) electrons. The molecule has 0 bridgehead atoms. The molecule has 2 rings (SSSR count). The lowest BCUT2D eigenvalue weighted by Gasteiger charge is -2.36. The van der Waals surface area contributed by atoms with Gasteiger partial charge >= 0.3 is 0 Å². The van der Waals surface area contributed by atoms with Crippen molar-refractivity contribution < 1.29 is 13.9 Å². The van der Waals surface area contributed by atoms with Crippen molar-refractivity contribution in [3.63, 3.8) is 0 Å². The molecule has 0 amide bonds. The van der Waals surface area contributed by atoms with Gasteiger partial charge in [-0.05, 0) is 23.7 Å². The highest BCUT2D eigenvalue weighted by Crippen LogP contribution is 2.37. The first-order valence-corrected chi connectivity index (χ1v) is 10.6. The van der Waals surface area contributed by atoms with Gasteiger partial charge in [0, 0.05) is 0 Å². The van der Waals surface area contributed by atoms with Crippen molar-refractivity contribution in [1.29, 1.82) is 0 Å². The average Bonchev–Trinajstić information content (AvgIpc) is 3.15. The van der Waals surface area contributed by atoms with Crippen LogP contribution in [0.15, 0.2) is 30.3 Å². The van der Waals surface area contributed by atoms with Crippen molar-refractivity contribution in [2.75, 3.05) is 13.2 Å². The first kappa shape index (κ1) is 16.7. The van der Waals surface area contributed by atoms with Crippen LogP contribution in [0.5, 0.6) is 0 Å². The van der Waals surface area contributed by atoms with Gasteiger partial charge in [0.1, 0.15) is 12.2 Å². The first-order valence-electron chi connectivity index (χ1n) is 7.71. The van der Waals surface area contributed by atoms with Gasteiger partial charge in [0.2, 0.25) is 0 Å². The third-order valence-electron chi connectivity index (χ3n) is 4.50. The minimum atomic E-state index is -1.66. The Hall–Kier alpha value is -0.683. The Labute approximate surface area is 129 Å². The molecule has 1 fully saturated rings. The van der Waals surface area contributed by atoms with Gasteiger partial charge in [-0.1, -0.05) is 51.1 Å². The van der Waals surface area contributed by atoms with E-state index in [-0.39, 0.29) is 17.2 Å². The molecular formula is C17H28O3Si. The predicted octanol–water partition coefficient (Wildman–Crippen LogP) is 3.99. The van der Waals surface area contributed by atoms with Gasteiger partial charge in [0.15, 0.2) is 8.32 Å². The monoisotopic (exact) mass is 308 g/mol. The number of rotatable bonds is 7. The maximum absolute atomic E-state index is 6.17. The highest BCUT2D eigenvalue weighted by atomic mass is 28.4. The molecule has 2 atom stereocenters. The number of hydrogen-bond donors (Lipinski definition) is 0. The number of hydrogen-bond acceptors (Lipinski definition) is 3. The Morgan fingerprint density at radius 2 is 1.67 bits per heavy atom. The fraction of sp³-hybridized carbons (Fsp3) is 0.647. The van der Waals surface area contributed by atoms with Crippen LogP contribution in [0.4, 0.5) is 0 Å². The minimum absolute atomic E-state index is 0.207. The molecule has 0 aliphatic carbocycles. The summed E-state index contributed by atoms with van der Waals surface area (Å²) in [5.74, 6) is 0. The quantitative estimate of drug-likeness (QED) is 0.563. The summed E-state index contributed by atoms with van der Waals surface area (Å²) in [5.41, 5.74) is 1.20. The van der Waals surface area contributed by atoms with E-state index in [4.69, 9.17) is 13.9 Å². The molecule has 118 valence electrons. The summed E-state index contributed by atoms with van der Waals surface area (Å²) in [5, 5.41) is 0.251. The molecule has 4 heteroatoms. The molecule has 1 aliphatic heterocycles. The van der Waals surface area contributed by atoms with Crippen LogP contribution < -0.4 is 0 Å². The minimum Gasteiger partial charge on any atom is -0.414 e. The standard InChI is InChI=1S/C17H28O3Si/c1-17(2,3)21(4,5)19-13-16-15(20-16)12-18-11-14-9-7-6-8-10-14/h6-10,15-16H,11-13H2,1-5H3/t15-,16+/m0/s1. The van der Waals surface area contributed by atoms with Crippen LogP contribution in [0.1, 0.15) is 26.3 Å². The molecule has 1 aromatic carbocycles. The lowest BCUT2D eigenvalue weighted by atomic mass is 10.2. The van der Waals surface area contributed by atoms with Gasteiger partial charge < -0.3 is 13.9 Å². The van der Waals surface area contributed by atoms with Crippen LogP contribution in [0.2, 0.25) is 18.1 Å². The van der Waals surface area contributed by atoms with Gasteiger partial charge in [-0.2, -0.15) is 0 Å². The van der Waals surface area contributed by atoms with Gasteiger partial charge in [-0.15, -0.1) is 0 Å². The van der Waals surface area contributed by atoms with Gasteiger partial charge in [-0.25, -0.2) is 0 Å². The van der Waals surface area contributed by atoms with Crippen molar-refractivity contribution >= 4 is 8.32 Å². The van der Waals surface area contributed by atoms with E-state index in [0.717, 1.165) is 0 Å². The fourth-order valence-electron chi connectivity index (χ4n) is 1.85. The lowest BCUT2D eigenvalue weighted by molar-refractivity contribution is 0.104. The fourth-order valence-corrected chi connectivity index (χ4v) is 2.86. The van der Waals surface area contributed by atoms with Gasteiger partial charge in [0.25, 0.3) is 0 Å². The van der Waals surface area contributed by atoms with Crippen molar-refractivity contribution in [2.45, 2.75) is 57.7 Å². The van der Waals surface area contributed by atoms with E-state index in [0.29, 0.717) is 19.8 Å². The molecule has 0 N–H and O–H groups in total. The van der Waals surface area contributed by atoms with E-state index in [2.05, 4.69) is 46.0 Å². The molecule has 0 aromatic heterocycles. The van der Waals surface area contributed by atoms with Crippen molar-refractivity contribution in [3.8, 4) is 0 Å². The molecular weight excluding hydrogens is 280 g/mol. The zero-order valence-corrected chi connectivity index (χ0v) is 14.9. The molecule has 0 unspecified atom stereocenters. The summed E-state index contributed by atoms with van der Waals surface area (Å²) in [6.45, 7) is 13.3. The molecule has 1 aliphatic rings. The number of epoxide rings is 1. The van der Waals surface area contributed by atoms with E-state index < -0.39 is 8.32 Å². The highest BCUT2D eigenvalue weighted by Gasteiger charge is 2.43. The van der Waals surface area contributed by atoms with E-state index >= 15 is 0 Å². The predicted molar refractivity (Wildman–Crippen MR) is 87.9 cm³/mol. The SMILES string of the molecule is CC(C)(C)[Si](C)(C)OC[C@H]1O[C@H]1COCc1ccccc1. The topological polar surface area (TPSA) is 31.0 Å². The van der Waals surface area contributed by atoms with E-state index in [1.807, 2.05) is 18.2 Å². The first-order chi connectivity index (χ1) is 9.79. The molecule has 21 heavy (non-hydrogen) atoms. The second kappa shape index (κ2) is 6.61. The highest BCUT2D eigenvalue weighted by molar-refractivity contribution is 6.74. The molecule has 1 heterocycles. The summed E-state index contributed by atoms with van der Waals surface area (Å²) in [7, 11) is -1.66. The second-order valence-corrected chi connectivity index (χ2v) is 12.1. The smallest absolute Gasteiger partial charge is 0.192 e. The van der Waals surface area contributed by atoms with Gasteiger partial charge in [-0.3, -0.25) is 0 Å². The Bertz CT molecular complexity index is 439. The van der Waals surface area contributed by atoms with E-state index in [1.54, 1.807) is 0 Å². The van der Waals surface area contributed by atoms with Crippen LogP contribution in [0.3, 0.4) is 0 Å². The summed E-state index contributed by atoms with van der Waals surface area (Å²) < 4.78 is 17.5. The number of benzene rings is 1. The third kappa shape index (κ3) is 4.92. The Balaban J connectivity index is 1.62. The zero-order chi connectivity index (χ0) is 15.5. The van der Waals surface area contributed by atoms with Crippen molar-refractivity contribution in [3.05, 3.63) is 35.9 Å². The van der Waals surface area contributed by atoms with Crippen LogP contribution in [-0.2, 0) is 20.5 Å². The average molecular weight is 308 g/mol. The summed E-state index contributed by atoms with van der Waals surface area (Å²) in [4.78, 5) is 0. The normalized spacial score (nSPS) is 22.3. The van der Waals surface area contributed by atoms with E-state index in [9.17, 15) is 0 Å². The summed E-state index contributed by atoms with van der Waals surface area (Å²) >= 11 is 0. The van der Waals surface area contributed by atoms with Gasteiger partial charge in [0.05, 0.1) is 19.8 Å². The van der Waals surface area contributed by atoms with E-state index in [1.165, 1.54) is 5.56 Å². The largest absolute Gasteiger partial charge is 0.414 e. The van der Waals surface area contributed by atoms with Crippen molar-refractivity contribution in [2.24, 2.45) is 0 Å². The van der Waals surface area contributed by atoms with Crippen LogP contribution >= 0.6 is 0 Å². The molecule has 1 aromatic rings. The Kier molecular flexibility index (Phi) is 5.25. The Morgan fingerprint density at radius 3 is 2.29 bits per heavy atom. The third-order valence-corrected chi connectivity index (χ3v) is 9.00. The molecule has 0 spiro atoms. The summed E-state index contributed by atoms with van der Waals surface area (Å²) in [6.07, 6.45) is 0.424. The maximum atomic E-state index is 6.17. The second-order valence-electron chi connectivity index (χ2n) is 7.29. The molecule has 1 saturated heterocycles. The van der Waals surface area contributed by atoms with Crippen LogP contribution in [0.25, 0.3) is 0 Å². The van der Waals surface area contributed by atoms with Crippen LogP contribution in [-0.4, -0.2) is 33.7 Å².